The molecule has 0 saturated carbocycles. The summed E-state index contributed by atoms with van der Waals surface area (Å²) in [7, 11) is 0. The largest absolute Gasteiger partial charge is 0.349 e. The molecule has 0 unspecified atom stereocenters. The van der Waals surface area contributed by atoms with E-state index in [1.54, 1.807) is 0 Å². The topological polar surface area (TPSA) is 65.8 Å². The van der Waals surface area contributed by atoms with Crippen LogP contribution >= 0.6 is 27.3 Å². The Morgan fingerprint density at radius 3 is 2.91 bits per heavy atom. The second kappa shape index (κ2) is 7.34. The van der Waals surface area contributed by atoms with Gasteiger partial charge in [-0.3, -0.25) is 4.79 Å². The number of nitrogens with one attached hydrogen (secondary N) is 1. The van der Waals surface area contributed by atoms with Crippen molar-refractivity contribution >= 4 is 39.2 Å². The lowest BCUT2D eigenvalue weighted by atomic mass is 10.2. The molecule has 1 aromatic heterocycles. The van der Waals surface area contributed by atoms with Crippen LogP contribution in [-0.2, 0) is 4.79 Å². The van der Waals surface area contributed by atoms with Crippen molar-refractivity contribution in [2.45, 2.75) is 19.9 Å². The fourth-order valence-electron chi connectivity index (χ4n) is 1.74. The van der Waals surface area contributed by atoms with E-state index in [1.807, 2.05) is 49.6 Å². The zero-order chi connectivity index (χ0) is 16.1. The van der Waals surface area contributed by atoms with Crippen molar-refractivity contribution in [3.8, 4) is 16.6 Å². The second-order valence-corrected chi connectivity index (χ2v) is 6.66. The van der Waals surface area contributed by atoms with E-state index in [1.165, 1.54) is 17.4 Å². The van der Waals surface area contributed by atoms with E-state index in [0.29, 0.717) is 5.69 Å². The van der Waals surface area contributed by atoms with Gasteiger partial charge in [0.05, 0.1) is 5.69 Å². The summed E-state index contributed by atoms with van der Waals surface area (Å²) in [6.07, 6.45) is 1.51. The molecule has 2 rings (SSSR count). The van der Waals surface area contributed by atoms with E-state index in [-0.39, 0.29) is 17.5 Å². The van der Waals surface area contributed by atoms with Crippen LogP contribution < -0.4 is 5.32 Å². The Morgan fingerprint density at radius 2 is 2.27 bits per heavy atom. The summed E-state index contributed by atoms with van der Waals surface area (Å²) in [6, 6.07) is 9.73. The van der Waals surface area contributed by atoms with Crippen LogP contribution in [0.3, 0.4) is 0 Å². The van der Waals surface area contributed by atoms with Gasteiger partial charge < -0.3 is 5.32 Å². The van der Waals surface area contributed by atoms with Crippen LogP contribution in [0.1, 0.15) is 19.5 Å². The third-order valence-corrected chi connectivity index (χ3v) is 4.07. The van der Waals surface area contributed by atoms with Crippen molar-refractivity contribution in [1.82, 2.24) is 10.3 Å². The van der Waals surface area contributed by atoms with Crippen molar-refractivity contribution in [3.05, 3.63) is 45.4 Å². The Bertz CT molecular complexity index is 759. The first-order valence-electron chi connectivity index (χ1n) is 6.63. The molecule has 0 fully saturated rings. The van der Waals surface area contributed by atoms with Crippen LogP contribution in [-0.4, -0.2) is 16.9 Å². The predicted octanol–water partition coefficient (Wildman–Crippen LogP) is 4.00. The number of hydrogen-bond donors (Lipinski definition) is 1. The van der Waals surface area contributed by atoms with Crippen molar-refractivity contribution < 1.29 is 4.79 Å². The van der Waals surface area contributed by atoms with E-state index in [2.05, 4.69) is 26.2 Å². The highest BCUT2D eigenvalue weighted by Crippen LogP contribution is 2.26. The summed E-state index contributed by atoms with van der Waals surface area (Å²) in [5.74, 6) is -0.380. The van der Waals surface area contributed by atoms with Crippen molar-refractivity contribution in [1.29, 1.82) is 5.26 Å². The number of benzene rings is 1. The SMILES string of the molecule is CC(C)NC(=O)/C(C#N)=C/c1csc(-c2cccc(Br)c2)n1. The quantitative estimate of drug-likeness (QED) is 0.648. The first-order valence-corrected chi connectivity index (χ1v) is 8.31. The monoisotopic (exact) mass is 375 g/mol. The molecule has 0 aliphatic rings. The lowest BCUT2D eigenvalue weighted by molar-refractivity contribution is -0.117. The fourth-order valence-corrected chi connectivity index (χ4v) is 2.92. The fraction of sp³-hybridized carbons (Fsp3) is 0.188. The Balaban J connectivity index is 2.25. The number of nitriles is 1. The van der Waals surface area contributed by atoms with Crippen molar-refractivity contribution in [2.75, 3.05) is 0 Å². The number of thiazole rings is 1. The molecule has 2 aromatic rings. The first-order chi connectivity index (χ1) is 10.5. The number of aromatic nitrogens is 1. The zero-order valence-corrected chi connectivity index (χ0v) is 14.5. The van der Waals surface area contributed by atoms with Gasteiger partial charge in [0.25, 0.3) is 5.91 Å². The molecule has 4 nitrogen and oxygen atoms in total. The molecule has 1 N–H and O–H groups in total. The lowest BCUT2D eigenvalue weighted by Crippen LogP contribution is -2.30. The Labute approximate surface area is 141 Å². The van der Waals surface area contributed by atoms with E-state index >= 15 is 0 Å². The summed E-state index contributed by atoms with van der Waals surface area (Å²) in [6.45, 7) is 3.70. The van der Waals surface area contributed by atoms with Gasteiger partial charge in [0.15, 0.2) is 0 Å². The van der Waals surface area contributed by atoms with Gasteiger partial charge in [0.1, 0.15) is 16.6 Å². The minimum atomic E-state index is -0.380. The molecule has 0 bridgehead atoms. The Kier molecular flexibility index (Phi) is 5.47. The molecule has 0 aliphatic carbocycles. The van der Waals surface area contributed by atoms with Gasteiger partial charge in [-0.25, -0.2) is 4.98 Å². The van der Waals surface area contributed by atoms with Crippen LogP contribution in [0.2, 0.25) is 0 Å². The van der Waals surface area contributed by atoms with Crippen LogP contribution in [0.15, 0.2) is 39.7 Å². The van der Waals surface area contributed by atoms with E-state index in [0.717, 1.165) is 15.0 Å². The molecular weight excluding hydrogens is 362 g/mol. The molecule has 0 saturated heterocycles. The van der Waals surface area contributed by atoms with E-state index < -0.39 is 0 Å². The van der Waals surface area contributed by atoms with Gasteiger partial charge in [-0.2, -0.15) is 5.26 Å². The highest BCUT2D eigenvalue weighted by Gasteiger charge is 2.11. The number of amides is 1. The molecule has 1 amide bonds. The summed E-state index contributed by atoms with van der Waals surface area (Å²) >= 11 is 4.90. The van der Waals surface area contributed by atoms with Crippen LogP contribution in [0.4, 0.5) is 0 Å². The van der Waals surface area contributed by atoms with Crippen molar-refractivity contribution in [2.24, 2.45) is 0 Å². The van der Waals surface area contributed by atoms with Gasteiger partial charge in [-0.15, -0.1) is 11.3 Å². The molecule has 1 heterocycles. The highest BCUT2D eigenvalue weighted by atomic mass is 79.9. The van der Waals surface area contributed by atoms with Gasteiger partial charge in [0, 0.05) is 21.5 Å². The maximum Gasteiger partial charge on any atom is 0.262 e. The maximum atomic E-state index is 11.9. The first kappa shape index (κ1) is 16.4. The molecule has 0 aliphatic heterocycles. The number of rotatable bonds is 4. The van der Waals surface area contributed by atoms with Crippen molar-refractivity contribution in [3.63, 3.8) is 0 Å². The number of carbonyl (C=O) groups is 1. The molecular formula is C16H14BrN3OS. The third kappa shape index (κ3) is 4.26. The number of carbonyl (C=O) groups excluding carboxylic acids is 1. The summed E-state index contributed by atoms with van der Waals surface area (Å²) in [4.78, 5) is 16.3. The molecule has 0 radical (unpaired) electrons. The van der Waals surface area contributed by atoms with Gasteiger partial charge in [-0.05, 0) is 32.1 Å². The van der Waals surface area contributed by atoms with Gasteiger partial charge >= 0.3 is 0 Å². The normalized spacial score (nSPS) is 11.3. The summed E-state index contributed by atoms with van der Waals surface area (Å²) in [5, 5.41) is 14.5. The average molecular weight is 376 g/mol. The number of nitrogens with zero attached hydrogens (tertiary/aromatic N) is 2. The maximum absolute atomic E-state index is 11.9. The minimum absolute atomic E-state index is 0.0167. The second-order valence-electron chi connectivity index (χ2n) is 4.89. The van der Waals surface area contributed by atoms with Gasteiger partial charge in [-0.1, -0.05) is 28.1 Å². The number of hydrogen-bond acceptors (Lipinski definition) is 4. The third-order valence-electron chi connectivity index (χ3n) is 2.67. The standard InChI is InChI=1S/C16H14BrN3OS/c1-10(2)19-15(21)12(8-18)7-14-9-22-16(20-14)11-4-3-5-13(17)6-11/h3-7,9-10H,1-2H3,(H,19,21)/b12-7+. The lowest BCUT2D eigenvalue weighted by Gasteiger charge is -2.06. The van der Waals surface area contributed by atoms with E-state index in [9.17, 15) is 4.79 Å². The number of halogens is 1. The van der Waals surface area contributed by atoms with Crippen LogP contribution in [0.5, 0.6) is 0 Å². The minimum Gasteiger partial charge on any atom is -0.349 e. The smallest absolute Gasteiger partial charge is 0.262 e. The predicted molar refractivity (Wildman–Crippen MR) is 92.1 cm³/mol. The zero-order valence-electron chi connectivity index (χ0n) is 12.1. The molecule has 0 atom stereocenters. The Hall–Kier alpha value is -1.97. The van der Waals surface area contributed by atoms with E-state index in [4.69, 9.17) is 5.26 Å². The molecule has 0 spiro atoms. The Morgan fingerprint density at radius 1 is 1.50 bits per heavy atom. The average Bonchev–Trinajstić information content (AvgIpc) is 2.92. The molecule has 1 aromatic carbocycles. The highest BCUT2D eigenvalue weighted by molar-refractivity contribution is 9.10. The summed E-state index contributed by atoms with van der Waals surface area (Å²) in [5.41, 5.74) is 1.65. The van der Waals surface area contributed by atoms with Crippen LogP contribution in [0.25, 0.3) is 16.6 Å². The molecule has 112 valence electrons. The molecule has 22 heavy (non-hydrogen) atoms. The molecule has 6 heteroatoms. The summed E-state index contributed by atoms with van der Waals surface area (Å²) < 4.78 is 0.978. The van der Waals surface area contributed by atoms with Crippen LogP contribution in [0, 0.1) is 11.3 Å². The van der Waals surface area contributed by atoms with Gasteiger partial charge in [0.2, 0.25) is 0 Å².